The monoisotopic (exact) mass is 1230 g/mol. The van der Waals surface area contributed by atoms with Crippen LogP contribution in [-0.4, -0.2) is 235 Å². The molecule has 0 spiro atoms. The van der Waals surface area contributed by atoms with E-state index in [4.69, 9.17) is 80.3 Å². The Kier molecular flexibility index (Phi) is 25.5. The van der Waals surface area contributed by atoms with Crippen molar-refractivity contribution in [3.05, 3.63) is 23.8 Å². The van der Waals surface area contributed by atoms with Crippen molar-refractivity contribution in [2.45, 2.75) is 187 Å². The zero-order valence-electron chi connectivity index (χ0n) is 45.2. The molecule has 23 N–H and O–H groups in total. The number of halogens is 1. The van der Waals surface area contributed by atoms with Crippen LogP contribution < -0.4 is 103 Å². The van der Waals surface area contributed by atoms with E-state index in [0.29, 0.717) is 18.4 Å². The first kappa shape index (κ1) is 73.4. The average molecular weight is 1230 g/mol. The number of nitrogens with two attached hydrogens (primary N) is 6. The van der Waals surface area contributed by atoms with E-state index in [1.807, 2.05) is 0 Å². The number of allylic oxidation sites excluding steroid dienone is 4. The second kappa shape index (κ2) is 28.2. The van der Waals surface area contributed by atoms with Crippen molar-refractivity contribution in [3.8, 4) is 0 Å². The summed E-state index contributed by atoms with van der Waals surface area (Å²) in [7, 11) is -10.1. The van der Waals surface area contributed by atoms with Gasteiger partial charge in [0, 0.05) is 41.9 Å². The molecule has 0 aromatic rings. The Bertz CT molecular complexity index is 2390. The number of hydrogen-bond acceptors (Lipinski definition) is 29. The predicted octanol–water partition coefficient (Wildman–Crippen LogP) is -14.8. The molecular formula is C45H76FN6Na2O25PS. The van der Waals surface area contributed by atoms with Crippen molar-refractivity contribution in [2.24, 2.45) is 63.0 Å². The van der Waals surface area contributed by atoms with Crippen LogP contribution in [0.25, 0.3) is 0 Å². The van der Waals surface area contributed by atoms with Gasteiger partial charge in [-0.3, -0.25) is 18.7 Å². The molecule has 0 aromatic carbocycles. The van der Waals surface area contributed by atoms with E-state index in [-0.39, 0.29) is 97.2 Å². The molecule has 36 heteroatoms. The van der Waals surface area contributed by atoms with Gasteiger partial charge in [0.2, 0.25) is 0 Å². The Hall–Kier alpha value is -0.110. The Morgan fingerprint density at radius 2 is 1.27 bits per heavy atom. The van der Waals surface area contributed by atoms with Gasteiger partial charge >= 0.3 is 69.5 Å². The summed E-state index contributed by atoms with van der Waals surface area (Å²) < 4.78 is 98.2. The van der Waals surface area contributed by atoms with E-state index in [1.54, 1.807) is 20.8 Å². The normalized spacial score (nSPS) is 47.6. The number of hydrogen-bond donors (Lipinski definition) is 17. The van der Waals surface area contributed by atoms with Crippen LogP contribution in [0.15, 0.2) is 23.8 Å². The molecule has 3 aliphatic heterocycles. The summed E-state index contributed by atoms with van der Waals surface area (Å²) in [5, 5.41) is 95.7. The van der Waals surface area contributed by atoms with E-state index in [0.717, 1.165) is 0 Å². The summed E-state index contributed by atoms with van der Waals surface area (Å²) in [6.45, 7) is 2.83. The second-order valence-corrected chi connectivity index (χ2v) is 24.1. The second-order valence-electron chi connectivity index (χ2n) is 22.0. The van der Waals surface area contributed by atoms with Crippen LogP contribution in [0.2, 0.25) is 0 Å². The molecule has 1 unspecified atom stereocenters. The molecule has 5 aliphatic carbocycles. The number of carbonyl (C=O) groups is 2. The summed E-state index contributed by atoms with van der Waals surface area (Å²) in [4.78, 5) is 46.6. The van der Waals surface area contributed by atoms with Gasteiger partial charge in [-0.25, -0.2) is 4.39 Å². The van der Waals surface area contributed by atoms with Gasteiger partial charge in [0.1, 0.15) is 79.4 Å². The van der Waals surface area contributed by atoms with E-state index >= 15 is 4.39 Å². The standard InChI is InChI=1S/C23H46N6O13.C22H30FO8P.2Na.H2O4S/c24-2-7-13(32)15(34)10(28)21(37-7)40-18-6(27)1-5(26)12(31)20(18)42-23-17(36)19(9(4-30)39-23)41-22-11(29)16(35)14(33)8(3-25)38-22;1-12-8-16-15-5-4-13-9-14(24)6-7-19(13,2)21(15,23)17(25)10-20(16,3)22(12,27)18(26)11-31-32(28,29)30;;;1-5(2,3)4/h5-23,30-36H,1-4,24-29H2;6-7,9,12,15-17,25,27H,4-5,8,10-11H2,1-3H3,(H2,28,29,30);;;(H2,1,2,3,4)/q;;2*+1;/p-2/t5-,6+,7-,8+,9-,10-,11-,12+,13-,14-,15-,16-,17-,18-,19-,20-,21-,22?,23+;12-,15+,16+,17+,19+,20+,21+,22+;;;/m11.../s1. The van der Waals surface area contributed by atoms with Crippen molar-refractivity contribution < 1.29 is 184 Å². The molecule has 8 rings (SSSR count). The predicted molar refractivity (Wildman–Crippen MR) is 259 cm³/mol. The van der Waals surface area contributed by atoms with Gasteiger partial charge in [-0.1, -0.05) is 25.5 Å². The molecule has 0 aromatic heterocycles. The van der Waals surface area contributed by atoms with Gasteiger partial charge in [0.25, 0.3) is 0 Å². The van der Waals surface area contributed by atoms with Gasteiger partial charge in [-0.15, -0.1) is 0 Å². The molecule has 31 nitrogen and oxygen atoms in total. The van der Waals surface area contributed by atoms with Crippen molar-refractivity contribution in [2.75, 3.05) is 26.3 Å². The summed E-state index contributed by atoms with van der Waals surface area (Å²) in [5.74, 6) is -3.06. The third-order valence-corrected chi connectivity index (χ3v) is 17.8. The summed E-state index contributed by atoms with van der Waals surface area (Å²) in [6.07, 6.45) is -16.2. The Morgan fingerprint density at radius 1 is 0.778 bits per heavy atom. The third kappa shape index (κ3) is 14.7. The molecular weight excluding hydrogens is 1150 g/mol. The number of phosphoric ester groups is 1. The van der Waals surface area contributed by atoms with Gasteiger partial charge in [-0.2, -0.15) is 8.42 Å². The smallest absolute Gasteiger partial charge is 0.790 e. The molecule has 4 saturated carbocycles. The molecule has 3 saturated heterocycles. The Balaban J connectivity index is 0.000000323. The van der Waals surface area contributed by atoms with E-state index in [1.165, 1.54) is 18.2 Å². The fourth-order valence-corrected chi connectivity index (χ4v) is 13.4. The fraction of sp³-hybridized carbons (Fsp3) is 0.867. The van der Waals surface area contributed by atoms with Crippen LogP contribution in [0.1, 0.15) is 52.9 Å². The number of Topliss-reactive ketones (excluding diaryl/α,β-unsaturated/α-hetero) is 1. The van der Waals surface area contributed by atoms with Gasteiger partial charge in [-0.05, 0) is 63.0 Å². The summed E-state index contributed by atoms with van der Waals surface area (Å²) in [6, 6.07) is -4.18. The molecule has 3 heterocycles. The molecule has 8 aliphatic rings. The zero-order valence-corrected chi connectivity index (χ0v) is 50.9. The number of aliphatic hydroxyl groups excluding tert-OH is 8. The van der Waals surface area contributed by atoms with Crippen LogP contribution in [0.4, 0.5) is 4.39 Å². The van der Waals surface area contributed by atoms with Crippen molar-refractivity contribution in [3.63, 3.8) is 0 Å². The van der Waals surface area contributed by atoms with E-state index in [9.17, 15) is 69.9 Å². The molecule has 81 heavy (non-hydrogen) atoms. The fourth-order valence-electron chi connectivity index (χ4n) is 13.1. The molecule has 0 radical (unpaired) electrons. The topological polar surface area (TPSA) is 575 Å². The Morgan fingerprint density at radius 3 is 1.77 bits per heavy atom. The number of phosphoric acid groups is 1. The molecule has 0 amide bonds. The number of alkyl halides is 1. The third-order valence-electron chi connectivity index (χ3n) is 17.4. The molecule has 0 bridgehead atoms. The first-order valence-corrected chi connectivity index (χ1v) is 28.3. The van der Waals surface area contributed by atoms with Crippen molar-refractivity contribution in [1.82, 2.24) is 0 Å². The minimum Gasteiger partial charge on any atom is -0.790 e. The first-order valence-electron chi connectivity index (χ1n) is 25.4. The van der Waals surface area contributed by atoms with Crippen LogP contribution >= 0.6 is 7.82 Å². The summed E-state index contributed by atoms with van der Waals surface area (Å²) in [5.41, 5.74) is 29.6. The average Bonchev–Trinajstić information content (AvgIpc) is 3.77. The maximum absolute atomic E-state index is 17.0. The van der Waals surface area contributed by atoms with Crippen LogP contribution in [0.3, 0.4) is 0 Å². The number of rotatable bonds is 13. The van der Waals surface area contributed by atoms with E-state index < -0.39 is 199 Å². The van der Waals surface area contributed by atoms with Crippen molar-refractivity contribution >= 4 is 29.8 Å². The maximum Gasteiger partial charge on any atom is 1.00 e. The zero-order chi connectivity index (χ0) is 59.4. The maximum atomic E-state index is 17.0. The number of carbonyl (C=O) groups excluding carboxylic acids is 2. The Labute approximate surface area is 509 Å². The molecule has 456 valence electrons. The number of ketones is 2. The first-order chi connectivity index (χ1) is 36.4. The van der Waals surface area contributed by atoms with Gasteiger partial charge in [0.05, 0.1) is 38.7 Å². The van der Waals surface area contributed by atoms with E-state index in [2.05, 4.69) is 4.52 Å². The van der Waals surface area contributed by atoms with Gasteiger partial charge in [0.15, 0.2) is 36.1 Å². The SMILES string of the molecule is C[C@@H]1C[C@H]2[C@@H]3CCC4=CC(=O)C=C[C@]4(C)[C@@]3(F)[C@@H](O)C[C@]2(C)[C@@]1(O)C(=O)COP(=O)([O-])[O-].NC[C@@H]1OC(O[C@H]2[C@@H](O)[C@H](O[C@@H]3[C@@H](O)[C@H](N)C[C@H](N)[C@H]3O[C@H]3O[C@H](CN)[C@@H](O)[C@H](O)[C@H]3N)O[C@@H]2CO)[C@H](N)[C@@H](O)[C@@H]1O.O=S(=O)(O)O.[Na+].[Na+]. The number of fused-ring (bicyclic) bond motifs is 5. The molecule has 7 fully saturated rings. The molecule has 27 atom stereocenters. The minimum atomic E-state index is -5.43. The van der Waals surface area contributed by atoms with Gasteiger partial charge < -0.3 is 128 Å². The van der Waals surface area contributed by atoms with Crippen LogP contribution in [-0.2, 0) is 57.5 Å². The minimum absolute atomic E-state index is 0. The largest absolute Gasteiger partial charge is 1.00 e. The quantitative estimate of drug-likeness (QED) is 0.0462. The summed E-state index contributed by atoms with van der Waals surface area (Å²) >= 11 is 0. The number of aliphatic hydroxyl groups is 9. The van der Waals surface area contributed by atoms with Crippen molar-refractivity contribution in [1.29, 1.82) is 0 Å². The van der Waals surface area contributed by atoms with Crippen LogP contribution in [0, 0.1) is 28.6 Å². The number of ether oxygens (including phenoxy) is 6. The van der Waals surface area contributed by atoms with Crippen LogP contribution in [0.5, 0.6) is 0 Å².